The van der Waals surface area contributed by atoms with Gasteiger partial charge in [-0.25, -0.2) is 9.59 Å². The van der Waals surface area contributed by atoms with E-state index >= 15 is 0 Å². The molecule has 0 aromatic carbocycles. The SMILES string of the molecule is COC(CNC(=O)N1CC=CCC1)C(=O)O. The molecule has 0 spiro atoms. The normalized spacial score (nSPS) is 16.9. The average molecular weight is 228 g/mol. The molecule has 16 heavy (non-hydrogen) atoms. The number of carboxylic acid groups (broad SMARTS) is 1. The standard InChI is InChI=1S/C10H16N2O4/c1-16-8(9(13)14)7-11-10(15)12-5-3-2-4-6-12/h2-3,8H,4-7H2,1H3,(H,11,15)(H,13,14). The largest absolute Gasteiger partial charge is 0.479 e. The summed E-state index contributed by atoms with van der Waals surface area (Å²) in [5.41, 5.74) is 0. The molecule has 0 saturated heterocycles. The van der Waals surface area contributed by atoms with Gasteiger partial charge in [-0.05, 0) is 6.42 Å². The fourth-order valence-corrected chi connectivity index (χ4v) is 1.39. The van der Waals surface area contributed by atoms with Crippen LogP contribution in [0.2, 0.25) is 0 Å². The summed E-state index contributed by atoms with van der Waals surface area (Å²) in [6.07, 6.45) is 3.76. The van der Waals surface area contributed by atoms with Gasteiger partial charge in [-0.1, -0.05) is 12.2 Å². The average Bonchev–Trinajstić information content (AvgIpc) is 2.30. The number of carboxylic acids is 1. The molecule has 1 atom stereocenters. The van der Waals surface area contributed by atoms with Gasteiger partial charge in [0.1, 0.15) is 0 Å². The smallest absolute Gasteiger partial charge is 0.334 e. The topological polar surface area (TPSA) is 78.9 Å². The number of hydrogen-bond acceptors (Lipinski definition) is 3. The third-order valence-corrected chi connectivity index (χ3v) is 2.34. The molecule has 90 valence electrons. The molecule has 0 saturated carbocycles. The van der Waals surface area contributed by atoms with E-state index in [9.17, 15) is 9.59 Å². The summed E-state index contributed by atoms with van der Waals surface area (Å²) in [6.45, 7) is 1.20. The van der Waals surface area contributed by atoms with Gasteiger partial charge in [-0.15, -0.1) is 0 Å². The summed E-state index contributed by atoms with van der Waals surface area (Å²) in [4.78, 5) is 23.8. The molecule has 0 aromatic rings. The van der Waals surface area contributed by atoms with Crippen molar-refractivity contribution in [3.05, 3.63) is 12.2 Å². The molecule has 2 amide bonds. The summed E-state index contributed by atoms with van der Waals surface area (Å²) in [5, 5.41) is 11.2. The Morgan fingerprint density at radius 1 is 1.56 bits per heavy atom. The number of aliphatic carboxylic acids is 1. The number of ether oxygens (including phenoxy) is 1. The lowest BCUT2D eigenvalue weighted by Gasteiger charge is -2.24. The van der Waals surface area contributed by atoms with E-state index in [4.69, 9.17) is 9.84 Å². The van der Waals surface area contributed by atoms with Crippen LogP contribution in [0.3, 0.4) is 0 Å². The van der Waals surface area contributed by atoms with Crippen LogP contribution in [0.5, 0.6) is 0 Å². The van der Waals surface area contributed by atoms with Crippen LogP contribution in [0.1, 0.15) is 6.42 Å². The molecule has 6 heteroatoms. The van der Waals surface area contributed by atoms with Crippen molar-refractivity contribution in [2.24, 2.45) is 0 Å². The van der Waals surface area contributed by atoms with Gasteiger partial charge in [-0.3, -0.25) is 0 Å². The summed E-state index contributed by atoms with van der Waals surface area (Å²) in [7, 11) is 1.30. The molecule has 0 bridgehead atoms. The van der Waals surface area contributed by atoms with Gasteiger partial charge >= 0.3 is 12.0 Å². The molecule has 0 radical (unpaired) electrons. The number of amides is 2. The third kappa shape index (κ3) is 3.54. The minimum atomic E-state index is -1.08. The first-order valence-electron chi connectivity index (χ1n) is 5.08. The maximum atomic E-state index is 11.6. The fourth-order valence-electron chi connectivity index (χ4n) is 1.39. The van der Waals surface area contributed by atoms with Crippen molar-refractivity contribution in [2.75, 3.05) is 26.7 Å². The molecule has 1 heterocycles. The first-order chi connectivity index (χ1) is 7.65. The number of nitrogens with one attached hydrogen (secondary N) is 1. The summed E-state index contributed by atoms with van der Waals surface area (Å²) >= 11 is 0. The Kier molecular flexibility index (Phi) is 4.78. The molecular weight excluding hydrogens is 212 g/mol. The lowest BCUT2D eigenvalue weighted by molar-refractivity contribution is -0.148. The number of carbonyl (C=O) groups is 2. The Balaban J connectivity index is 2.33. The van der Waals surface area contributed by atoms with Crippen molar-refractivity contribution >= 4 is 12.0 Å². The van der Waals surface area contributed by atoms with Gasteiger partial charge in [0.15, 0.2) is 6.10 Å². The highest BCUT2D eigenvalue weighted by molar-refractivity contribution is 5.77. The number of urea groups is 1. The van der Waals surface area contributed by atoms with Crippen molar-refractivity contribution in [2.45, 2.75) is 12.5 Å². The van der Waals surface area contributed by atoms with E-state index in [1.807, 2.05) is 12.2 Å². The van der Waals surface area contributed by atoms with E-state index in [2.05, 4.69) is 5.32 Å². The Hall–Kier alpha value is -1.56. The zero-order valence-electron chi connectivity index (χ0n) is 9.18. The van der Waals surface area contributed by atoms with E-state index in [-0.39, 0.29) is 12.6 Å². The highest BCUT2D eigenvalue weighted by Gasteiger charge is 2.19. The molecule has 0 fully saturated rings. The van der Waals surface area contributed by atoms with Crippen molar-refractivity contribution in [1.29, 1.82) is 0 Å². The maximum absolute atomic E-state index is 11.6. The summed E-state index contributed by atoms with van der Waals surface area (Å²) in [5.74, 6) is -1.08. The van der Waals surface area contributed by atoms with Crippen LogP contribution in [0.15, 0.2) is 12.2 Å². The van der Waals surface area contributed by atoms with Gasteiger partial charge in [0.2, 0.25) is 0 Å². The van der Waals surface area contributed by atoms with Gasteiger partial charge in [-0.2, -0.15) is 0 Å². The van der Waals surface area contributed by atoms with Crippen molar-refractivity contribution < 1.29 is 19.4 Å². The minimum Gasteiger partial charge on any atom is -0.479 e. The highest BCUT2D eigenvalue weighted by atomic mass is 16.5. The third-order valence-electron chi connectivity index (χ3n) is 2.34. The quantitative estimate of drug-likeness (QED) is 0.667. The van der Waals surface area contributed by atoms with E-state index in [1.54, 1.807) is 4.90 Å². The summed E-state index contributed by atoms with van der Waals surface area (Å²) < 4.78 is 4.70. The van der Waals surface area contributed by atoms with Crippen LogP contribution >= 0.6 is 0 Å². The second kappa shape index (κ2) is 6.12. The molecule has 6 nitrogen and oxygen atoms in total. The zero-order chi connectivity index (χ0) is 12.0. The Bertz CT molecular complexity index is 291. The van der Waals surface area contributed by atoms with E-state index < -0.39 is 12.1 Å². The first kappa shape index (κ1) is 12.5. The molecule has 1 aliphatic rings. The number of rotatable bonds is 4. The van der Waals surface area contributed by atoms with Crippen LogP contribution in [0.25, 0.3) is 0 Å². The second-order valence-corrected chi connectivity index (χ2v) is 3.45. The Morgan fingerprint density at radius 3 is 2.81 bits per heavy atom. The van der Waals surface area contributed by atoms with Crippen LogP contribution in [-0.4, -0.2) is 54.9 Å². The van der Waals surface area contributed by atoms with Crippen molar-refractivity contribution in [3.8, 4) is 0 Å². The zero-order valence-corrected chi connectivity index (χ0v) is 9.18. The predicted octanol–water partition coefficient (Wildman–Crippen LogP) is 0.0575. The Morgan fingerprint density at radius 2 is 2.31 bits per heavy atom. The molecule has 1 rings (SSSR count). The number of methoxy groups -OCH3 is 1. The van der Waals surface area contributed by atoms with Crippen LogP contribution in [0, 0.1) is 0 Å². The van der Waals surface area contributed by atoms with E-state index in [0.29, 0.717) is 13.1 Å². The van der Waals surface area contributed by atoms with Crippen molar-refractivity contribution in [1.82, 2.24) is 10.2 Å². The number of nitrogens with zero attached hydrogens (tertiary/aromatic N) is 1. The fraction of sp³-hybridized carbons (Fsp3) is 0.600. The second-order valence-electron chi connectivity index (χ2n) is 3.45. The van der Waals surface area contributed by atoms with Crippen molar-refractivity contribution in [3.63, 3.8) is 0 Å². The van der Waals surface area contributed by atoms with Crippen LogP contribution in [-0.2, 0) is 9.53 Å². The molecule has 1 unspecified atom stereocenters. The molecule has 0 aliphatic carbocycles. The summed E-state index contributed by atoms with van der Waals surface area (Å²) in [6, 6.07) is -0.257. The van der Waals surface area contributed by atoms with Gasteiger partial charge < -0.3 is 20.1 Å². The maximum Gasteiger partial charge on any atom is 0.334 e. The highest BCUT2D eigenvalue weighted by Crippen LogP contribution is 2.01. The lowest BCUT2D eigenvalue weighted by Crippen LogP contribution is -2.46. The van der Waals surface area contributed by atoms with Gasteiger partial charge in [0.05, 0.1) is 6.54 Å². The number of hydrogen-bond donors (Lipinski definition) is 2. The van der Waals surface area contributed by atoms with Crippen LogP contribution < -0.4 is 5.32 Å². The van der Waals surface area contributed by atoms with Gasteiger partial charge in [0.25, 0.3) is 0 Å². The van der Waals surface area contributed by atoms with Gasteiger partial charge in [0, 0.05) is 20.2 Å². The van der Waals surface area contributed by atoms with Crippen LogP contribution in [0.4, 0.5) is 4.79 Å². The van der Waals surface area contributed by atoms with E-state index in [0.717, 1.165) is 6.42 Å². The molecule has 1 aliphatic heterocycles. The first-order valence-corrected chi connectivity index (χ1v) is 5.08. The predicted molar refractivity (Wildman–Crippen MR) is 57.2 cm³/mol. The lowest BCUT2D eigenvalue weighted by atomic mass is 10.2. The Labute approximate surface area is 93.9 Å². The monoisotopic (exact) mass is 228 g/mol. The molecule has 0 aromatic heterocycles. The minimum absolute atomic E-state index is 0.0229. The molecular formula is C10H16N2O4. The van der Waals surface area contributed by atoms with E-state index in [1.165, 1.54) is 7.11 Å². The number of carbonyl (C=O) groups excluding carboxylic acids is 1. The molecule has 2 N–H and O–H groups in total.